The molecule has 1 aromatic heterocycles. The molecule has 128 valence electrons. The number of hydrogen-bond donors (Lipinski definition) is 0. The molecule has 1 aromatic carbocycles. The number of para-hydroxylation sites is 2. The monoisotopic (exact) mass is 349 g/mol. The van der Waals surface area contributed by atoms with E-state index in [1.54, 1.807) is 30.3 Å². The Bertz CT molecular complexity index is 657. The molecule has 2 aromatic rings. The summed E-state index contributed by atoms with van der Waals surface area (Å²) in [5.41, 5.74) is 0. The van der Waals surface area contributed by atoms with Crippen molar-refractivity contribution in [2.45, 2.75) is 18.9 Å². The van der Waals surface area contributed by atoms with Gasteiger partial charge in [0.15, 0.2) is 18.1 Å². The molecule has 8 heteroatoms. The minimum atomic E-state index is -0.0327. The first-order chi connectivity index (χ1) is 11.8. The molecule has 0 spiro atoms. The summed E-state index contributed by atoms with van der Waals surface area (Å²) in [5, 5.41) is 0. The van der Waals surface area contributed by atoms with Crippen LogP contribution in [0.15, 0.2) is 30.5 Å². The van der Waals surface area contributed by atoms with Gasteiger partial charge in [-0.3, -0.25) is 4.79 Å². The number of hydrogen-bond acceptors (Lipinski definition) is 7. The molecule has 0 radical (unpaired) electrons. The van der Waals surface area contributed by atoms with Gasteiger partial charge in [0.25, 0.3) is 5.91 Å². The minimum Gasteiger partial charge on any atom is -0.493 e. The van der Waals surface area contributed by atoms with E-state index in [0.29, 0.717) is 30.5 Å². The highest BCUT2D eigenvalue weighted by atomic mass is 32.1. The molecule has 24 heavy (non-hydrogen) atoms. The molecule has 3 rings (SSSR count). The fraction of sp³-hybridized carbons (Fsp3) is 0.438. The second-order valence-electron chi connectivity index (χ2n) is 5.38. The van der Waals surface area contributed by atoms with E-state index >= 15 is 0 Å². The van der Waals surface area contributed by atoms with Crippen LogP contribution in [0.2, 0.25) is 0 Å². The molecule has 2 heterocycles. The van der Waals surface area contributed by atoms with Gasteiger partial charge in [-0.2, -0.15) is 4.37 Å². The third kappa shape index (κ3) is 4.14. The van der Waals surface area contributed by atoms with E-state index in [4.69, 9.17) is 14.2 Å². The van der Waals surface area contributed by atoms with Gasteiger partial charge in [0.05, 0.1) is 18.8 Å². The topological polar surface area (TPSA) is 73.8 Å². The van der Waals surface area contributed by atoms with E-state index in [2.05, 4.69) is 8.75 Å². The van der Waals surface area contributed by atoms with Gasteiger partial charge in [0.1, 0.15) is 12.3 Å². The summed E-state index contributed by atoms with van der Waals surface area (Å²) >= 11 is 1.12. The Balaban J connectivity index is 1.45. The molecule has 0 saturated carbocycles. The number of ether oxygens (including phenoxy) is 3. The van der Waals surface area contributed by atoms with E-state index < -0.39 is 0 Å². The van der Waals surface area contributed by atoms with E-state index in [9.17, 15) is 4.79 Å². The zero-order valence-electron chi connectivity index (χ0n) is 13.4. The number of likely N-dealkylation sites (tertiary alicyclic amines) is 1. The lowest BCUT2D eigenvalue weighted by atomic mass is 10.1. The van der Waals surface area contributed by atoms with Crippen LogP contribution in [0, 0.1) is 0 Å². The highest BCUT2D eigenvalue weighted by Crippen LogP contribution is 2.26. The van der Waals surface area contributed by atoms with E-state index in [1.165, 1.54) is 0 Å². The molecule has 0 unspecified atom stereocenters. The molecule has 1 amide bonds. The molecule has 7 nitrogen and oxygen atoms in total. The van der Waals surface area contributed by atoms with Gasteiger partial charge in [0.2, 0.25) is 5.88 Å². The van der Waals surface area contributed by atoms with Crippen molar-refractivity contribution in [3.05, 3.63) is 30.5 Å². The maximum absolute atomic E-state index is 12.3. The number of rotatable bonds is 6. The predicted octanol–water partition coefficient (Wildman–Crippen LogP) is 2.00. The zero-order chi connectivity index (χ0) is 16.8. The highest BCUT2D eigenvalue weighted by molar-refractivity contribution is 6.99. The Kier molecular flexibility index (Phi) is 5.47. The Morgan fingerprint density at radius 1 is 1.29 bits per heavy atom. The summed E-state index contributed by atoms with van der Waals surface area (Å²) in [7, 11) is 1.58. The largest absolute Gasteiger partial charge is 0.493 e. The maximum Gasteiger partial charge on any atom is 0.260 e. The van der Waals surface area contributed by atoms with Crippen molar-refractivity contribution < 1.29 is 19.0 Å². The first-order valence-corrected chi connectivity index (χ1v) is 8.47. The predicted molar refractivity (Wildman–Crippen MR) is 88.6 cm³/mol. The number of methoxy groups -OCH3 is 1. The molecular weight excluding hydrogens is 330 g/mol. The van der Waals surface area contributed by atoms with Gasteiger partial charge < -0.3 is 19.1 Å². The van der Waals surface area contributed by atoms with Gasteiger partial charge in [-0.25, -0.2) is 0 Å². The third-order valence-electron chi connectivity index (χ3n) is 3.84. The number of amides is 1. The van der Waals surface area contributed by atoms with E-state index in [-0.39, 0.29) is 18.6 Å². The van der Waals surface area contributed by atoms with Crippen molar-refractivity contribution in [1.82, 2.24) is 13.6 Å². The first kappa shape index (κ1) is 16.5. The molecule has 1 fully saturated rings. The molecule has 0 aliphatic carbocycles. The van der Waals surface area contributed by atoms with Crippen LogP contribution in [0.25, 0.3) is 0 Å². The summed E-state index contributed by atoms with van der Waals surface area (Å²) in [6.45, 7) is 1.30. The highest BCUT2D eigenvalue weighted by Gasteiger charge is 2.24. The van der Waals surface area contributed by atoms with Crippen LogP contribution in [-0.2, 0) is 4.79 Å². The molecular formula is C16H19N3O4S. The number of carbonyl (C=O) groups is 1. The van der Waals surface area contributed by atoms with Crippen LogP contribution < -0.4 is 14.2 Å². The summed E-state index contributed by atoms with van der Waals surface area (Å²) in [4.78, 5) is 14.1. The van der Waals surface area contributed by atoms with Crippen LogP contribution in [-0.4, -0.2) is 52.5 Å². The standard InChI is InChI=1S/C16H19N3O4S/c1-21-13-4-2-3-5-14(13)22-11-16(20)19-8-6-12(7-9-19)23-15-10-17-24-18-15/h2-5,10,12H,6-9,11H2,1H3. The molecule has 1 saturated heterocycles. The second kappa shape index (κ2) is 7.96. The van der Waals surface area contributed by atoms with Gasteiger partial charge in [-0.05, 0) is 12.1 Å². The van der Waals surface area contributed by atoms with Gasteiger partial charge in [-0.1, -0.05) is 12.1 Å². The SMILES string of the molecule is COc1ccccc1OCC(=O)N1CCC(Oc2cnsn2)CC1. The Morgan fingerprint density at radius 2 is 2.04 bits per heavy atom. The quantitative estimate of drug-likeness (QED) is 0.794. The summed E-state index contributed by atoms with van der Waals surface area (Å²) in [6, 6.07) is 7.29. The van der Waals surface area contributed by atoms with Crippen molar-refractivity contribution in [2.24, 2.45) is 0 Å². The summed E-state index contributed by atoms with van der Waals surface area (Å²) < 4.78 is 24.5. The summed E-state index contributed by atoms with van der Waals surface area (Å²) in [6.07, 6.45) is 3.24. The number of benzene rings is 1. The first-order valence-electron chi connectivity index (χ1n) is 7.74. The fourth-order valence-corrected chi connectivity index (χ4v) is 2.93. The van der Waals surface area contributed by atoms with Gasteiger partial charge >= 0.3 is 0 Å². The number of nitrogens with zero attached hydrogens (tertiary/aromatic N) is 3. The average Bonchev–Trinajstić information content (AvgIpc) is 3.13. The zero-order valence-corrected chi connectivity index (χ0v) is 14.2. The lowest BCUT2D eigenvalue weighted by molar-refractivity contribution is -0.135. The molecule has 0 N–H and O–H groups in total. The molecule has 1 aliphatic rings. The van der Waals surface area contributed by atoms with Crippen LogP contribution in [0.5, 0.6) is 17.4 Å². The van der Waals surface area contributed by atoms with E-state index in [0.717, 1.165) is 24.6 Å². The molecule has 0 atom stereocenters. The van der Waals surface area contributed by atoms with Crippen molar-refractivity contribution in [1.29, 1.82) is 0 Å². The number of carbonyl (C=O) groups excluding carboxylic acids is 1. The molecule has 1 aliphatic heterocycles. The summed E-state index contributed by atoms with van der Waals surface area (Å²) in [5.74, 6) is 1.72. The Morgan fingerprint density at radius 3 is 2.71 bits per heavy atom. The second-order valence-corrected chi connectivity index (χ2v) is 5.94. The van der Waals surface area contributed by atoms with Crippen LogP contribution in [0.4, 0.5) is 0 Å². The lowest BCUT2D eigenvalue weighted by Gasteiger charge is -2.31. The number of aromatic nitrogens is 2. The molecule has 0 bridgehead atoms. The van der Waals surface area contributed by atoms with Gasteiger partial charge in [-0.15, -0.1) is 4.37 Å². The normalized spacial score (nSPS) is 15.1. The van der Waals surface area contributed by atoms with Crippen molar-refractivity contribution in [3.8, 4) is 17.4 Å². The van der Waals surface area contributed by atoms with Crippen molar-refractivity contribution in [2.75, 3.05) is 26.8 Å². The lowest BCUT2D eigenvalue weighted by Crippen LogP contribution is -2.43. The minimum absolute atomic E-state index is 0.00189. The maximum atomic E-state index is 12.3. The van der Waals surface area contributed by atoms with Crippen LogP contribution >= 0.6 is 11.7 Å². The average molecular weight is 349 g/mol. The Hall–Kier alpha value is -2.35. The fourth-order valence-electron chi connectivity index (χ4n) is 2.57. The number of piperidine rings is 1. The van der Waals surface area contributed by atoms with Crippen molar-refractivity contribution in [3.63, 3.8) is 0 Å². The third-order valence-corrected chi connectivity index (χ3v) is 4.30. The van der Waals surface area contributed by atoms with Gasteiger partial charge in [0, 0.05) is 25.9 Å². The van der Waals surface area contributed by atoms with E-state index in [1.807, 2.05) is 12.1 Å². The smallest absolute Gasteiger partial charge is 0.260 e. The van der Waals surface area contributed by atoms with Crippen LogP contribution in [0.3, 0.4) is 0 Å². The Labute approximate surface area is 144 Å². The van der Waals surface area contributed by atoms with Crippen LogP contribution in [0.1, 0.15) is 12.8 Å². The van der Waals surface area contributed by atoms with Crippen molar-refractivity contribution >= 4 is 17.6 Å².